The molecule has 2 aliphatic carbocycles. The van der Waals surface area contributed by atoms with E-state index in [0.717, 1.165) is 5.56 Å². The highest BCUT2D eigenvalue weighted by Gasteiger charge is 2.46. The summed E-state index contributed by atoms with van der Waals surface area (Å²) in [7, 11) is 3.84. The number of carbonyl (C=O) groups excluding carboxylic acids is 1. The van der Waals surface area contributed by atoms with Crippen LogP contribution in [0.5, 0.6) is 0 Å². The van der Waals surface area contributed by atoms with E-state index in [9.17, 15) is 4.79 Å². The minimum Gasteiger partial charge on any atom is -0.311 e. The number of allylic oxidation sites excluding steroid dienone is 2. The fraction of sp³-hybridized carbons (Fsp3) is 0.450. The number of hydrogen-bond donors (Lipinski definition) is 2. The maximum atomic E-state index is 13.3. The van der Waals surface area contributed by atoms with Gasteiger partial charge in [-0.25, -0.2) is 0 Å². The van der Waals surface area contributed by atoms with E-state index in [1.165, 1.54) is 31.3 Å². The molecule has 0 saturated heterocycles. The number of likely N-dealkylation sites (N-methyl/N-ethyl adjacent to an activating group) is 2. The van der Waals surface area contributed by atoms with Crippen molar-refractivity contribution in [1.82, 2.24) is 10.6 Å². The lowest BCUT2D eigenvalue weighted by Crippen LogP contribution is -2.63. The zero-order chi connectivity index (χ0) is 16.3. The fourth-order valence-electron chi connectivity index (χ4n) is 4.17. The summed E-state index contributed by atoms with van der Waals surface area (Å²) in [5.74, 6) is 0.716. The minimum atomic E-state index is -0.719. The van der Waals surface area contributed by atoms with Crippen LogP contribution in [-0.2, 0) is 0 Å². The average molecular weight is 310 g/mol. The first kappa shape index (κ1) is 16.2. The van der Waals surface area contributed by atoms with Crippen molar-refractivity contribution in [1.29, 1.82) is 0 Å². The van der Waals surface area contributed by atoms with Crippen molar-refractivity contribution in [3.8, 4) is 0 Å². The highest BCUT2D eigenvalue weighted by Crippen LogP contribution is 2.38. The zero-order valence-corrected chi connectivity index (χ0v) is 14.0. The van der Waals surface area contributed by atoms with Crippen LogP contribution in [0.3, 0.4) is 0 Å². The molecule has 1 fully saturated rings. The first-order valence-electron chi connectivity index (χ1n) is 8.58. The van der Waals surface area contributed by atoms with Crippen LogP contribution in [0.1, 0.15) is 36.0 Å². The largest absolute Gasteiger partial charge is 0.311 e. The molecule has 2 N–H and O–H groups in total. The Hall–Kier alpha value is -1.71. The van der Waals surface area contributed by atoms with Crippen molar-refractivity contribution in [2.45, 2.75) is 37.3 Å². The third-order valence-corrected chi connectivity index (χ3v) is 5.38. The smallest absolute Gasteiger partial charge is 0.188 e. The van der Waals surface area contributed by atoms with Crippen molar-refractivity contribution in [2.75, 3.05) is 14.1 Å². The Kier molecular flexibility index (Phi) is 4.79. The molecule has 1 saturated carbocycles. The third kappa shape index (κ3) is 2.79. The van der Waals surface area contributed by atoms with Crippen LogP contribution in [0, 0.1) is 5.92 Å². The second kappa shape index (κ2) is 6.81. The standard InChI is InChI=1S/C20H26N2O/c1-21-18-17(15-9-6-7-10-15)13-8-14-20(18,22-2)19(23)16-11-4-3-5-12-16/h3-5,8,11-15,18,21-22H,6-7,9-10H2,1-2H3. The molecule has 0 radical (unpaired) electrons. The summed E-state index contributed by atoms with van der Waals surface area (Å²) in [5.41, 5.74) is 1.40. The number of nitrogens with one attached hydrogen (secondary N) is 2. The number of Topliss-reactive ketones (excluding diaryl/α,β-unsaturated/α-hetero) is 1. The summed E-state index contributed by atoms with van der Waals surface area (Å²) in [6.07, 6.45) is 11.3. The van der Waals surface area contributed by atoms with E-state index in [2.05, 4.69) is 22.8 Å². The Morgan fingerprint density at radius 1 is 1.13 bits per heavy atom. The Labute approximate surface area is 138 Å². The van der Waals surface area contributed by atoms with Gasteiger partial charge in [-0.15, -0.1) is 0 Å². The Morgan fingerprint density at radius 2 is 1.83 bits per heavy atom. The Morgan fingerprint density at radius 3 is 2.43 bits per heavy atom. The molecule has 2 atom stereocenters. The zero-order valence-electron chi connectivity index (χ0n) is 14.0. The summed E-state index contributed by atoms with van der Waals surface area (Å²) in [6.45, 7) is 0. The molecule has 0 aliphatic heterocycles. The maximum absolute atomic E-state index is 13.3. The van der Waals surface area contributed by atoms with Gasteiger partial charge in [-0.3, -0.25) is 4.79 Å². The van der Waals surface area contributed by atoms with E-state index < -0.39 is 5.54 Å². The summed E-state index contributed by atoms with van der Waals surface area (Å²) in [4.78, 5) is 13.3. The maximum Gasteiger partial charge on any atom is 0.188 e. The average Bonchev–Trinajstić information content (AvgIpc) is 3.15. The normalized spacial score (nSPS) is 27.9. The molecule has 122 valence electrons. The van der Waals surface area contributed by atoms with Gasteiger partial charge >= 0.3 is 0 Å². The van der Waals surface area contributed by atoms with Crippen LogP contribution < -0.4 is 10.6 Å². The van der Waals surface area contributed by atoms with Gasteiger partial charge in [-0.2, -0.15) is 0 Å². The first-order valence-corrected chi connectivity index (χ1v) is 8.58. The molecule has 2 aliphatic rings. The quantitative estimate of drug-likeness (QED) is 0.821. The Bertz CT molecular complexity index is 614. The molecule has 1 aromatic rings. The summed E-state index contributed by atoms with van der Waals surface area (Å²) < 4.78 is 0. The second-order valence-electron chi connectivity index (χ2n) is 6.54. The number of benzene rings is 1. The van der Waals surface area contributed by atoms with Crippen molar-refractivity contribution in [3.63, 3.8) is 0 Å². The molecular formula is C20H26N2O. The van der Waals surface area contributed by atoms with Gasteiger partial charge in [-0.05, 0) is 38.4 Å². The summed E-state index contributed by atoms with van der Waals surface area (Å²) in [5, 5.41) is 6.75. The molecule has 3 nitrogen and oxygen atoms in total. The summed E-state index contributed by atoms with van der Waals surface area (Å²) >= 11 is 0. The van der Waals surface area contributed by atoms with Crippen molar-refractivity contribution in [3.05, 3.63) is 59.7 Å². The molecule has 0 spiro atoms. The molecular weight excluding hydrogens is 284 g/mol. The van der Waals surface area contributed by atoms with E-state index in [4.69, 9.17) is 0 Å². The van der Waals surface area contributed by atoms with Crippen LogP contribution in [-0.4, -0.2) is 31.5 Å². The van der Waals surface area contributed by atoms with Gasteiger partial charge in [0.2, 0.25) is 0 Å². The molecule has 0 amide bonds. The molecule has 3 rings (SSSR count). The molecule has 1 aromatic carbocycles. The van der Waals surface area contributed by atoms with E-state index in [0.29, 0.717) is 5.92 Å². The first-order chi connectivity index (χ1) is 11.2. The predicted molar refractivity (Wildman–Crippen MR) is 94.6 cm³/mol. The van der Waals surface area contributed by atoms with E-state index in [1.807, 2.05) is 50.5 Å². The van der Waals surface area contributed by atoms with E-state index >= 15 is 0 Å². The fourth-order valence-corrected chi connectivity index (χ4v) is 4.17. The van der Waals surface area contributed by atoms with Gasteiger partial charge in [0.1, 0.15) is 5.54 Å². The lowest BCUT2D eigenvalue weighted by atomic mass is 9.72. The third-order valence-electron chi connectivity index (χ3n) is 5.38. The molecule has 3 heteroatoms. The van der Waals surface area contributed by atoms with Crippen LogP contribution in [0.25, 0.3) is 0 Å². The minimum absolute atomic E-state index is 0.00620. The predicted octanol–water partition coefficient (Wildman–Crippen LogP) is 3.10. The number of rotatable bonds is 5. The number of carbonyl (C=O) groups is 1. The molecule has 0 bridgehead atoms. The van der Waals surface area contributed by atoms with Crippen LogP contribution in [0.2, 0.25) is 0 Å². The van der Waals surface area contributed by atoms with Crippen LogP contribution >= 0.6 is 0 Å². The van der Waals surface area contributed by atoms with Crippen molar-refractivity contribution < 1.29 is 4.79 Å². The molecule has 0 heterocycles. The van der Waals surface area contributed by atoms with Gasteiger partial charge in [0, 0.05) is 5.56 Å². The van der Waals surface area contributed by atoms with Gasteiger partial charge in [-0.1, -0.05) is 61.4 Å². The molecule has 23 heavy (non-hydrogen) atoms. The van der Waals surface area contributed by atoms with Gasteiger partial charge in [0.25, 0.3) is 0 Å². The summed E-state index contributed by atoms with van der Waals surface area (Å²) in [6, 6.07) is 9.58. The highest BCUT2D eigenvalue weighted by molar-refractivity contribution is 6.06. The number of hydrogen-bond acceptors (Lipinski definition) is 3. The molecule has 2 unspecified atom stereocenters. The molecule has 0 aromatic heterocycles. The van der Waals surface area contributed by atoms with Gasteiger partial charge < -0.3 is 10.6 Å². The highest BCUT2D eigenvalue weighted by atomic mass is 16.1. The Balaban J connectivity index is 1.99. The van der Waals surface area contributed by atoms with Crippen LogP contribution in [0.15, 0.2) is 54.1 Å². The monoisotopic (exact) mass is 310 g/mol. The van der Waals surface area contributed by atoms with Crippen molar-refractivity contribution in [2.24, 2.45) is 5.92 Å². The van der Waals surface area contributed by atoms with E-state index in [-0.39, 0.29) is 11.8 Å². The lowest BCUT2D eigenvalue weighted by Gasteiger charge is -2.42. The topological polar surface area (TPSA) is 41.1 Å². The second-order valence-corrected chi connectivity index (χ2v) is 6.54. The lowest BCUT2D eigenvalue weighted by molar-refractivity contribution is 0.0871. The van der Waals surface area contributed by atoms with Gasteiger partial charge in [0.05, 0.1) is 6.04 Å². The van der Waals surface area contributed by atoms with Crippen molar-refractivity contribution >= 4 is 5.78 Å². The SMILES string of the molecule is CNC1C(C2CCCC2)=CC=CC1(NC)C(=O)c1ccccc1. The van der Waals surface area contributed by atoms with Gasteiger partial charge in [0.15, 0.2) is 5.78 Å². The van der Waals surface area contributed by atoms with Crippen LogP contribution in [0.4, 0.5) is 0 Å². The number of ketones is 1. The van der Waals surface area contributed by atoms with E-state index in [1.54, 1.807) is 0 Å².